The zero-order chi connectivity index (χ0) is 21.2. The van der Waals surface area contributed by atoms with Crippen molar-refractivity contribution in [3.8, 4) is 11.5 Å². The van der Waals surface area contributed by atoms with Gasteiger partial charge in [0, 0.05) is 31.5 Å². The number of methoxy groups -OCH3 is 1. The van der Waals surface area contributed by atoms with Crippen LogP contribution in [0, 0.1) is 0 Å². The number of nitrogens with zero attached hydrogens (tertiary/aromatic N) is 3. The Morgan fingerprint density at radius 2 is 2.03 bits per heavy atom. The zero-order valence-electron chi connectivity index (χ0n) is 17.6. The Morgan fingerprint density at radius 1 is 1.20 bits per heavy atom. The third-order valence-corrected chi connectivity index (χ3v) is 4.86. The van der Waals surface area contributed by atoms with Crippen LogP contribution in [0.3, 0.4) is 0 Å². The summed E-state index contributed by atoms with van der Waals surface area (Å²) in [5.41, 5.74) is 0.786. The van der Waals surface area contributed by atoms with Gasteiger partial charge in [0.15, 0.2) is 11.5 Å². The largest absolute Gasteiger partial charge is 0.493 e. The van der Waals surface area contributed by atoms with Crippen LogP contribution >= 0.6 is 0 Å². The van der Waals surface area contributed by atoms with Gasteiger partial charge in [-0.15, -0.1) is 0 Å². The number of hydrogen-bond donors (Lipinski definition) is 3. The topological polar surface area (TPSA) is 101 Å². The van der Waals surface area contributed by atoms with Gasteiger partial charge in [0.25, 0.3) is 0 Å². The highest BCUT2D eigenvalue weighted by Gasteiger charge is 2.12. The summed E-state index contributed by atoms with van der Waals surface area (Å²) in [6.07, 6.45) is 5.20. The Hall–Kier alpha value is -3.07. The van der Waals surface area contributed by atoms with E-state index in [0.29, 0.717) is 29.9 Å². The van der Waals surface area contributed by atoms with Gasteiger partial charge in [0.05, 0.1) is 20.3 Å². The van der Waals surface area contributed by atoms with Crippen molar-refractivity contribution >= 4 is 23.4 Å². The summed E-state index contributed by atoms with van der Waals surface area (Å²) in [5.74, 6) is 2.22. The lowest BCUT2D eigenvalue weighted by molar-refractivity contribution is -0.118. The highest BCUT2D eigenvalue weighted by Crippen LogP contribution is 2.31. The number of nitrogens with one attached hydrogen (secondary N) is 3. The Labute approximate surface area is 177 Å². The number of benzene rings is 1. The van der Waals surface area contributed by atoms with E-state index >= 15 is 0 Å². The molecule has 1 fully saturated rings. The zero-order valence-corrected chi connectivity index (χ0v) is 17.6. The first-order valence-corrected chi connectivity index (χ1v) is 10.3. The highest BCUT2D eigenvalue weighted by molar-refractivity contribution is 5.80. The molecule has 0 aliphatic carbocycles. The van der Waals surface area contributed by atoms with Crippen molar-refractivity contribution in [2.45, 2.75) is 19.3 Å². The molecule has 2 aromatic rings. The van der Waals surface area contributed by atoms with E-state index in [0.717, 1.165) is 18.7 Å². The second kappa shape index (κ2) is 11.2. The molecule has 1 aliphatic rings. The minimum Gasteiger partial charge on any atom is -0.493 e. The van der Waals surface area contributed by atoms with Gasteiger partial charge < -0.3 is 30.3 Å². The number of ether oxygens (including phenoxy) is 2. The van der Waals surface area contributed by atoms with E-state index in [1.807, 2.05) is 18.2 Å². The SMILES string of the molecule is CNC(=O)CNc1ccnc(Nc2ccc(OC)c(OCCCN3CCCC3)c2)n1. The summed E-state index contributed by atoms with van der Waals surface area (Å²) in [6, 6.07) is 7.31. The Kier molecular flexibility index (Phi) is 8.08. The number of likely N-dealkylation sites (N-methyl/N-ethyl adjacent to an activating group) is 1. The van der Waals surface area contributed by atoms with E-state index in [1.165, 1.54) is 25.9 Å². The van der Waals surface area contributed by atoms with E-state index < -0.39 is 0 Å². The third kappa shape index (κ3) is 6.48. The van der Waals surface area contributed by atoms with Crippen LogP contribution in [0.4, 0.5) is 17.5 Å². The summed E-state index contributed by atoms with van der Waals surface area (Å²) in [5, 5.41) is 8.68. The van der Waals surface area contributed by atoms with Gasteiger partial charge in [-0.3, -0.25) is 4.79 Å². The molecule has 3 rings (SSSR count). The molecule has 0 spiro atoms. The van der Waals surface area contributed by atoms with Crippen molar-refractivity contribution in [3.63, 3.8) is 0 Å². The second-order valence-electron chi connectivity index (χ2n) is 7.03. The fourth-order valence-corrected chi connectivity index (χ4v) is 3.25. The molecule has 3 N–H and O–H groups in total. The predicted molar refractivity (Wildman–Crippen MR) is 117 cm³/mol. The highest BCUT2D eigenvalue weighted by atomic mass is 16.5. The van der Waals surface area contributed by atoms with Gasteiger partial charge in [-0.2, -0.15) is 4.98 Å². The molecule has 1 aromatic carbocycles. The van der Waals surface area contributed by atoms with Crippen LogP contribution in [0.5, 0.6) is 11.5 Å². The molecule has 162 valence electrons. The summed E-state index contributed by atoms with van der Waals surface area (Å²) >= 11 is 0. The van der Waals surface area contributed by atoms with Crippen molar-refractivity contribution in [1.29, 1.82) is 0 Å². The lowest BCUT2D eigenvalue weighted by atomic mass is 10.2. The summed E-state index contributed by atoms with van der Waals surface area (Å²) < 4.78 is 11.4. The van der Waals surface area contributed by atoms with Gasteiger partial charge in [0.2, 0.25) is 11.9 Å². The fourth-order valence-electron chi connectivity index (χ4n) is 3.25. The number of carbonyl (C=O) groups excluding carboxylic acids is 1. The maximum absolute atomic E-state index is 11.4. The van der Waals surface area contributed by atoms with E-state index in [2.05, 4.69) is 30.8 Å². The van der Waals surface area contributed by atoms with Gasteiger partial charge in [-0.25, -0.2) is 4.98 Å². The molecule has 1 amide bonds. The Balaban J connectivity index is 1.57. The maximum atomic E-state index is 11.4. The molecule has 1 aliphatic heterocycles. The normalized spacial score (nSPS) is 13.7. The lowest BCUT2D eigenvalue weighted by Crippen LogP contribution is -2.26. The van der Waals surface area contributed by atoms with Gasteiger partial charge >= 0.3 is 0 Å². The molecular weight excluding hydrogens is 384 g/mol. The van der Waals surface area contributed by atoms with Crippen LogP contribution < -0.4 is 25.4 Å². The number of carbonyl (C=O) groups is 1. The van der Waals surface area contributed by atoms with Gasteiger partial charge in [-0.05, 0) is 50.6 Å². The molecule has 30 heavy (non-hydrogen) atoms. The lowest BCUT2D eigenvalue weighted by Gasteiger charge is -2.16. The minimum absolute atomic E-state index is 0.121. The smallest absolute Gasteiger partial charge is 0.239 e. The Bertz CT molecular complexity index is 826. The molecule has 0 radical (unpaired) electrons. The molecule has 9 heteroatoms. The van der Waals surface area contributed by atoms with E-state index in [4.69, 9.17) is 9.47 Å². The number of aromatic nitrogens is 2. The van der Waals surface area contributed by atoms with E-state index in [9.17, 15) is 4.79 Å². The number of anilines is 3. The van der Waals surface area contributed by atoms with Crippen molar-refractivity contribution < 1.29 is 14.3 Å². The van der Waals surface area contributed by atoms with Crippen molar-refractivity contribution in [3.05, 3.63) is 30.5 Å². The molecule has 9 nitrogen and oxygen atoms in total. The number of likely N-dealkylation sites (tertiary alicyclic amines) is 1. The minimum atomic E-state index is -0.121. The van der Waals surface area contributed by atoms with Crippen LogP contribution in [0.25, 0.3) is 0 Å². The molecule has 1 saturated heterocycles. The average Bonchev–Trinajstić information content (AvgIpc) is 3.29. The molecule has 1 aromatic heterocycles. The first kappa shape index (κ1) is 21.6. The molecule has 0 saturated carbocycles. The van der Waals surface area contributed by atoms with Crippen LogP contribution in [0.15, 0.2) is 30.5 Å². The molecule has 0 unspecified atom stereocenters. The van der Waals surface area contributed by atoms with E-state index in [1.54, 1.807) is 26.4 Å². The van der Waals surface area contributed by atoms with Crippen molar-refractivity contribution in [2.75, 3.05) is 57.6 Å². The molecular formula is C21H30N6O3. The third-order valence-electron chi connectivity index (χ3n) is 4.86. The number of rotatable bonds is 11. The van der Waals surface area contributed by atoms with Crippen LogP contribution in [-0.4, -0.2) is 67.7 Å². The van der Waals surface area contributed by atoms with Gasteiger partial charge in [0.1, 0.15) is 5.82 Å². The van der Waals surface area contributed by atoms with Crippen molar-refractivity contribution in [1.82, 2.24) is 20.2 Å². The molecule has 0 bridgehead atoms. The number of hydrogen-bond acceptors (Lipinski definition) is 8. The monoisotopic (exact) mass is 414 g/mol. The summed E-state index contributed by atoms with van der Waals surface area (Å²) in [7, 11) is 3.22. The fraction of sp³-hybridized carbons (Fsp3) is 0.476. The molecule has 2 heterocycles. The maximum Gasteiger partial charge on any atom is 0.239 e. The quantitative estimate of drug-likeness (QED) is 0.482. The summed E-state index contributed by atoms with van der Waals surface area (Å²) in [6.45, 7) is 4.22. The second-order valence-corrected chi connectivity index (χ2v) is 7.03. The first-order chi connectivity index (χ1) is 14.7. The first-order valence-electron chi connectivity index (χ1n) is 10.3. The standard InChI is InChI=1S/C21H30N6O3/c1-22-20(28)15-24-19-8-9-23-21(26-19)25-16-6-7-17(29-2)18(14-16)30-13-5-12-27-10-3-4-11-27/h6-9,14H,3-5,10-13,15H2,1-2H3,(H,22,28)(H2,23,24,25,26). The number of amides is 1. The van der Waals surface area contributed by atoms with Crippen LogP contribution in [0.2, 0.25) is 0 Å². The summed E-state index contributed by atoms with van der Waals surface area (Å²) in [4.78, 5) is 22.5. The van der Waals surface area contributed by atoms with Gasteiger partial charge in [-0.1, -0.05) is 0 Å². The predicted octanol–water partition coefficient (Wildman–Crippen LogP) is 2.25. The van der Waals surface area contributed by atoms with Crippen molar-refractivity contribution in [2.24, 2.45) is 0 Å². The van der Waals surface area contributed by atoms with Crippen LogP contribution in [0.1, 0.15) is 19.3 Å². The average molecular weight is 415 g/mol. The van der Waals surface area contributed by atoms with Crippen LogP contribution in [-0.2, 0) is 4.79 Å². The Morgan fingerprint density at radius 3 is 2.80 bits per heavy atom. The van der Waals surface area contributed by atoms with E-state index in [-0.39, 0.29) is 12.5 Å². The molecule has 0 atom stereocenters.